The van der Waals surface area contributed by atoms with E-state index in [1.807, 2.05) is 0 Å². The van der Waals surface area contributed by atoms with Gasteiger partial charge in [-0.25, -0.2) is 8.78 Å². The minimum atomic E-state index is -2.44. The first-order valence-electron chi connectivity index (χ1n) is 2.74. The Labute approximate surface area is 46.9 Å². The second-order valence-corrected chi connectivity index (χ2v) is 2.23. The van der Waals surface area contributed by atoms with Gasteiger partial charge in [-0.05, 0) is 6.42 Å². The summed E-state index contributed by atoms with van der Waals surface area (Å²) in [4.78, 5) is 0. The van der Waals surface area contributed by atoms with Crippen LogP contribution in [0, 0.1) is 5.92 Å². The normalized spacial score (nSPS) is 34.1. The molecule has 1 atom stereocenters. The predicted molar refractivity (Wildman–Crippen MR) is 26.7 cm³/mol. The first-order valence-corrected chi connectivity index (χ1v) is 2.74. The first kappa shape index (κ1) is 5.95. The molecule has 1 nitrogen and oxygen atoms in total. The van der Waals surface area contributed by atoms with Gasteiger partial charge in [0.2, 0.25) is 0 Å². The summed E-state index contributed by atoms with van der Waals surface area (Å²) in [6.45, 7) is 0.132. The Morgan fingerprint density at radius 3 is 2.25 bits per heavy atom. The second kappa shape index (κ2) is 1.65. The van der Waals surface area contributed by atoms with Crippen molar-refractivity contribution in [1.82, 2.24) is 0 Å². The van der Waals surface area contributed by atoms with Gasteiger partial charge in [-0.15, -0.1) is 0 Å². The lowest BCUT2D eigenvalue weighted by atomic mass is 9.81. The third-order valence-corrected chi connectivity index (χ3v) is 1.71. The summed E-state index contributed by atoms with van der Waals surface area (Å²) in [6, 6.07) is 0. The van der Waals surface area contributed by atoms with Gasteiger partial charge >= 0.3 is 0 Å². The fourth-order valence-corrected chi connectivity index (χ4v) is 0.857. The van der Waals surface area contributed by atoms with E-state index in [4.69, 9.17) is 5.73 Å². The molecule has 1 saturated carbocycles. The van der Waals surface area contributed by atoms with Crippen molar-refractivity contribution in [2.75, 3.05) is 6.54 Å². The van der Waals surface area contributed by atoms with Crippen molar-refractivity contribution in [3.63, 3.8) is 0 Å². The summed E-state index contributed by atoms with van der Waals surface area (Å²) in [7, 11) is 0. The van der Waals surface area contributed by atoms with Crippen LogP contribution in [0.15, 0.2) is 0 Å². The van der Waals surface area contributed by atoms with Crippen molar-refractivity contribution in [2.24, 2.45) is 11.7 Å². The van der Waals surface area contributed by atoms with Gasteiger partial charge in [0.1, 0.15) is 0 Å². The lowest BCUT2D eigenvalue weighted by Gasteiger charge is -2.35. The molecule has 0 aromatic rings. The summed E-state index contributed by atoms with van der Waals surface area (Å²) in [5, 5.41) is 0. The van der Waals surface area contributed by atoms with Crippen LogP contribution in [-0.4, -0.2) is 12.5 Å². The molecule has 1 aliphatic carbocycles. The molecule has 1 aliphatic rings. The number of hydrogen-bond donors (Lipinski definition) is 1. The Kier molecular flexibility index (Phi) is 1.23. The maximum atomic E-state index is 12.1. The van der Waals surface area contributed by atoms with E-state index in [9.17, 15) is 8.78 Å². The molecule has 0 aromatic carbocycles. The highest BCUT2D eigenvalue weighted by Gasteiger charge is 2.46. The molecule has 0 aliphatic heterocycles. The van der Waals surface area contributed by atoms with Gasteiger partial charge in [0, 0.05) is 18.9 Å². The van der Waals surface area contributed by atoms with Gasteiger partial charge in [-0.3, -0.25) is 0 Å². The summed E-state index contributed by atoms with van der Waals surface area (Å²) < 4.78 is 24.2. The molecule has 2 N–H and O–H groups in total. The van der Waals surface area contributed by atoms with E-state index in [2.05, 4.69) is 0 Å². The summed E-state index contributed by atoms with van der Waals surface area (Å²) >= 11 is 0. The van der Waals surface area contributed by atoms with Crippen molar-refractivity contribution in [3.05, 3.63) is 0 Å². The van der Waals surface area contributed by atoms with Crippen molar-refractivity contribution < 1.29 is 8.78 Å². The Morgan fingerprint density at radius 2 is 2.25 bits per heavy atom. The second-order valence-electron chi connectivity index (χ2n) is 2.23. The molecule has 0 saturated heterocycles. The van der Waals surface area contributed by atoms with Crippen molar-refractivity contribution in [3.8, 4) is 0 Å². The van der Waals surface area contributed by atoms with Crippen LogP contribution in [0.2, 0.25) is 0 Å². The van der Waals surface area contributed by atoms with Crippen LogP contribution < -0.4 is 5.73 Å². The SMILES string of the molecule is NC[C@H]1CCC1(F)F. The highest BCUT2D eigenvalue weighted by Crippen LogP contribution is 2.42. The van der Waals surface area contributed by atoms with Crippen molar-refractivity contribution >= 4 is 0 Å². The predicted octanol–water partition coefficient (Wildman–Crippen LogP) is 0.990. The molecule has 0 heterocycles. The standard InChI is InChI=1S/C5H9F2N/c6-5(7)2-1-4(5)3-8/h4H,1-3,8H2/t4-/m1/s1. The smallest absolute Gasteiger partial charge is 0.252 e. The van der Waals surface area contributed by atoms with Gasteiger partial charge in [0.05, 0.1) is 0 Å². The van der Waals surface area contributed by atoms with E-state index in [-0.39, 0.29) is 13.0 Å². The number of rotatable bonds is 1. The lowest BCUT2D eigenvalue weighted by molar-refractivity contribution is -0.127. The van der Waals surface area contributed by atoms with Crippen LogP contribution in [0.25, 0.3) is 0 Å². The van der Waals surface area contributed by atoms with Crippen LogP contribution in [0.4, 0.5) is 8.78 Å². The number of hydrogen-bond acceptors (Lipinski definition) is 1. The van der Waals surface area contributed by atoms with Crippen LogP contribution in [0.3, 0.4) is 0 Å². The molecule has 0 bridgehead atoms. The van der Waals surface area contributed by atoms with Crippen LogP contribution in [-0.2, 0) is 0 Å². The Bertz CT molecular complexity index is 90.4. The maximum Gasteiger partial charge on any atom is 0.252 e. The zero-order chi connectivity index (χ0) is 6.20. The maximum absolute atomic E-state index is 12.1. The fourth-order valence-electron chi connectivity index (χ4n) is 0.857. The zero-order valence-corrected chi connectivity index (χ0v) is 4.53. The zero-order valence-electron chi connectivity index (χ0n) is 4.53. The Balaban J connectivity index is 2.37. The van der Waals surface area contributed by atoms with E-state index >= 15 is 0 Å². The van der Waals surface area contributed by atoms with Gasteiger partial charge in [0.15, 0.2) is 0 Å². The molecule has 8 heavy (non-hydrogen) atoms. The molecule has 0 amide bonds. The van der Waals surface area contributed by atoms with Gasteiger partial charge in [-0.1, -0.05) is 0 Å². The molecular formula is C5H9F2N. The minimum absolute atomic E-state index is 0.0366. The van der Waals surface area contributed by atoms with Gasteiger partial charge in [-0.2, -0.15) is 0 Å². The molecule has 0 unspecified atom stereocenters. The largest absolute Gasteiger partial charge is 0.330 e. The van der Waals surface area contributed by atoms with E-state index in [1.54, 1.807) is 0 Å². The molecule has 3 heteroatoms. The highest BCUT2D eigenvalue weighted by atomic mass is 19.3. The van der Waals surface area contributed by atoms with E-state index < -0.39 is 11.8 Å². The molecular weight excluding hydrogens is 112 g/mol. The number of nitrogens with two attached hydrogens (primary N) is 1. The lowest BCUT2D eigenvalue weighted by Crippen LogP contribution is -2.43. The fraction of sp³-hybridized carbons (Fsp3) is 1.00. The Morgan fingerprint density at radius 1 is 1.62 bits per heavy atom. The first-order chi connectivity index (χ1) is 3.67. The Hall–Kier alpha value is -0.180. The minimum Gasteiger partial charge on any atom is -0.330 e. The molecule has 0 radical (unpaired) electrons. The topological polar surface area (TPSA) is 26.0 Å². The summed E-state index contributed by atoms with van der Waals surface area (Å²) in [5.41, 5.74) is 5.03. The number of alkyl halides is 2. The van der Waals surface area contributed by atoms with Gasteiger partial charge < -0.3 is 5.73 Å². The highest BCUT2D eigenvalue weighted by molar-refractivity contribution is 4.88. The molecule has 0 aromatic heterocycles. The number of halogens is 2. The summed E-state index contributed by atoms with van der Waals surface area (Å²) in [6.07, 6.45) is 0.637. The third-order valence-electron chi connectivity index (χ3n) is 1.71. The molecule has 1 fully saturated rings. The summed E-state index contributed by atoms with van der Waals surface area (Å²) in [5.74, 6) is -2.96. The van der Waals surface area contributed by atoms with E-state index in [0.717, 1.165) is 0 Å². The average Bonchev–Trinajstić information content (AvgIpc) is 1.66. The molecule has 1 rings (SSSR count). The van der Waals surface area contributed by atoms with E-state index in [0.29, 0.717) is 6.42 Å². The quantitative estimate of drug-likeness (QED) is 0.550. The van der Waals surface area contributed by atoms with Crippen molar-refractivity contribution in [1.29, 1.82) is 0 Å². The monoisotopic (exact) mass is 121 g/mol. The van der Waals surface area contributed by atoms with Crippen LogP contribution in [0.5, 0.6) is 0 Å². The average molecular weight is 121 g/mol. The molecule has 48 valence electrons. The van der Waals surface area contributed by atoms with E-state index in [1.165, 1.54) is 0 Å². The van der Waals surface area contributed by atoms with Crippen molar-refractivity contribution in [2.45, 2.75) is 18.8 Å². The van der Waals surface area contributed by atoms with Crippen LogP contribution >= 0.6 is 0 Å². The third kappa shape index (κ3) is 0.708. The molecule has 0 spiro atoms. The van der Waals surface area contributed by atoms with Gasteiger partial charge in [0.25, 0.3) is 5.92 Å². The van der Waals surface area contributed by atoms with Crippen LogP contribution in [0.1, 0.15) is 12.8 Å².